The zero-order valence-corrected chi connectivity index (χ0v) is 13.1. The van der Waals surface area contributed by atoms with Crippen LogP contribution in [0.3, 0.4) is 0 Å². The molecular formula is C10H6BrCl2N3O2S. The maximum absolute atomic E-state index is 12.1. The Morgan fingerprint density at radius 3 is 2.63 bits per heavy atom. The number of hydrogen-bond acceptors (Lipinski definition) is 4. The maximum atomic E-state index is 12.1. The number of hydrogen-bond donors (Lipinski definition) is 1. The van der Waals surface area contributed by atoms with E-state index in [2.05, 4.69) is 30.6 Å². The SMILES string of the molecule is O=S(=O)(Nc1cnc(Cl)c(Br)c1)c1cnccc1Cl. The van der Waals surface area contributed by atoms with Crippen molar-refractivity contribution in [2.45, 2.75) is 4.90 Å². The standard InChI is InChI=1S/C10H6BrCl2N3O2S/c11-7-3-6(4-15-10(7)13)16-19(17,18)9-5-14-2-1-8(9)12/h1-5,16H. The van der Waals surface area contributed by atoms with E-state index in [1.54, 1.807) is 0 Å². The summed E-state index contributed by atoms with van der Waals surface area (Å²) in [4.78, 5) is 7.45. The lowest BCUT2D eigenvalue weighted by molar-refractivity contribution is 0.601. The van der Waals surface area contributed by atoms with Gasteiger partial charge in [-0.15, -0.1) is 0 Å². The van der Waals surface area contributed by atoms with Crippen molar-refractivity contribution < 1.29 is 8.42 Å². The molecule has 2 heterocycles. The molecule has 0 aromatic carbocycles. The van der Waals surface area contributed by atoms with Crippen molar-refractivity contribution in [1.29, 1.82) is 0 Å². The van der Waals surface area contributed by atoms with Crippen LogP contribution in [0.5, 0.6) is 0 Å². The second-order valence-corrected chi connectivity index (χ2v) is 6.68. The molecule has 0 bridgehead atoms. The predicted octanol–water partition coefficient (Wildman–Crippen LogP) is 3.35. The second-order valence-electron chi connectivity index (χ2n) is 3.41. The normalized spacial score (nSPS) is 11.3. The first-order chi connectivity index (χ1) is 8.90. The molecule has 2 aromatic rings. The van der Waals surface area contributed by atoms with E-state index < -0.39 is 10.0 Å². The van der Waals surface area contributed by atoms with Gasteiger partial charge in [0.15, 0.2) is 0 Å². The fraction of sp³-hybridized carbons (Fsp3) is 0. The number of anilines is 1. The topological polar surface area (TPSA) is 72.0 Å². The van der Waals surface area contributed by atoms with Gasteiger partial charge in [-0.25, -0.2) is 13.4 Å². The molecule has 0 aliphatic carbocycles. The largest absolute Gasteiger partial charge is 0.278 e. The molecule has 1 N–H and O–H groups in total. The van der Waals surface area contributed by atoms with Crippen LogP contribution in [0.4, 0.5) is 5.69 Å². The molecule has 5 nitrogen and oxygen atoms in total. The van der Waals surface area contributed by atoms with Crippen molar-refractivity contribution in [1.82, 2.24) is 9.97 Å². The zero-order chi connectivity index (χ0) is 14.0. The van der Waals surface area contributed by atoms with E-state index in [4.69, 9.17) is 23.2 Å². The molecule has 0 radical (unpaired) electrons. The van der Waals surface area contributed by atoms with Gasteiger partial charge in [0.2, 0.25) is 0 Å². The fourth-order valence-electron chi connectivity index (χ4n) is 1.25. The van der Waals surface area contributed by atoms with E-state index in [0.29, 0.717) is 4.47 Å². The summed E-state index contributed by atoms with van der Waals surface area (Å²) in [6.07, 6.45) is 3.87. The molecule has 0 saturated carbocycles. The highest BCUT2D eigenvalue weighted by Gasteiger charge is 2.18. The molecule has 9 heteroatoms. The van der Waals surface area contributed by atoms with Crippen molar-refractivity contribution >= 4 is 54.8 Å². The first-order valence-electron chi connectivity index (χ1n) is 4.83. The number of nitrogens with one attached hydrogen (secondary N) is 1. The predicted molar refractivity (Wildman–Crippen MR) is 77.0 cm³/mol. The second kappa shape index (κ2) is 5.62. The monoisotopic (exact) mass is 381 g/mol. The third-order valence-corrected chi connectivity index (χ3v) is 5.06. The average molecular weight is 383 g/mol. The van der Waals surface area contributed by atoms with E-state index in [9.17, 15) is 8.42 Å². The van der Waals surface area contributed by atoms with E-state index >= 15 is 0 Å². The summed E-state index contributed by atoms with van der Waals surface area (Å²) < 4.78 is 27.0. The van der Waals surface area contributed by atoms with Crippen molar-refractivity contribution in [2.75, 3.05) is 4.72 Å². The first kappa shape index (κ1) is 14.5. The molecule has 0 saturated heterocycles. The van der Waals surface area contributed by atoms with Gasteiger partial charge in [0.05, 0.1) is 21.4 Å². The lowest BCUT2D eigenvalue weighted by atomic mass is 10.4. The van der Waals surface area contributed by atoms with Gasteiger partial charge in [0.25, 0.3) is 10.0 Å². The smallest absolute Gasteiger partial charge is 0.264 e. The lowest BCUT2D eigenvalue weighted by Gasteiger charge is -2.09. The molecule has 100 valence electrons. The van der Waals surface area contributed by atoms with Crippen molar-refractivity contribution in [3.63, 3.8) is 0 Å². The molecule has 0 amide bonds. The summed E-state index contributed by atoms with van der Waals surface area (Å²) in [5, 5.41) is 0.325. The fourth-order valence-corrected chi connectivity index (χ4v) is 3.17. The van der Waals surface area contributed by atoms with Gasteiger partial charge in [0.1, 0.15) is 10.0 Å². The molecule has 2 aromatic heterocycles. The van der Waals surface area contributed by atoms with Crippen LogP contribution in [-0.2, 0) is 10.0 Å². The van der Waals surface area contributed by atoms with Crippen LogP contribution in [-0.4, -0.2) is 18.4 Å². The zero-order valence-electron chi connectivity index (χ0n) is 9.14. The van der Waals surface area contributed by atoms with Gasteiger partial charge in [-0.1, -0.05) is 23.2 Å². The molecule has 0 aliphatic rings. The summed E-state index contributed by atoms with van der Waals surface area (Å²) in [7, 11) is -3.82. The maximum Gasteiger partial charge on any atom is 0.264 e. The summed E-state index contributed by atoms with van der Waals surface area (Å²) in [6.45, 7) is 0. The summed E-state index contributed by atoms with van der Waals surface area (Å²) in [5.74, 6) is 0. The summed E-state index contributed by atoms with van der Waals surface area (Å²) >= 11 is 14.7. The summed E-state index contributed by atoms with van der Waals surface area (Å²) in [6, 6.07) is 2.89. The molecule has 19 heavy (non-hydrogen) atoms. The molecule has 0 aliphatic heterocycles. The quantitative estimate of drug-likeness (QED) is 0.826. The number of nitrogens with zero attached hydrogens (tertiary/aromatic N) is 2. The van der Waals surface area contributed by atoms with E-state index in [1.165, 1.54) is 30.7 Å². The van der Waals surface area contributed by atoms with Gasteiger partial charge in [-0.05, 0) is 28.1 Å². The highest BCUT2D eigenvalue weighted by atomic mass is 79.9. The van der Waals surface area contributed by atoms with Crippen molar-refractivity contribution in [2.24, 2.45) is 0 Å². The number of halogens is 3. The Bertz CT molecular complexity index is 724. The molecule has 0 unspecified atom stereocenters. The van der Waals surface area contributed by atoms with Crippen LogP contribution < -0.4 is 4.72 Å². The number of aromatic nitrogens is 2. The van der Waals surface area contributed by atoms with Crippen LogP contribution in [0, 0.1) is 0 Å². The van der Waals surface area contributed by atoms with Gasteiger partial charge in [-0.3, -0.25) is 9.71 Å². The van der Waals surface area contributed by atoms with Crippen molar-refractivity contribution in [3.8, 4) is 0 Å². The Morgan fingerprint density at radius 1 is 1.26 bits per heavy atom. The average Bonchev–Trinajstić information content (AvgIpc) is 2.34. The Hall–Kier alpha value is -0.890. The van der Waals surface area contributed by atoms with Crippen LogP contribution in [0.2, 0.25) is 10.2 Å². The van der Waals surface area contributed by atoms with Gasteiger partial charge < -0.3 is 0 Å². The van der Waals surface area contributed by atoms with Crippen molar-refractivity contribution in [3.05, 3.63) is 45.4 Å². The molecule has 0 fully saturated rings. The highest BCUT2D eigenvalue weighted by molar-refractivity contribution is 9.10. The van der Waals surface area contributed by atoms with E-state index in [0.717, 1.165) is 0 Å². The van der Waals surface area contributed by atoms with Crippen LogP contribution >= 0.6 is 39.1 Å². The van der Waals surface area contributed by atoms with Crippen LogP contribution in [0.15, 0.2) is 40.1 Å². The minimum Gasteiger partial charge on any atom is -0.278 e. The lowest BCUT2D eigenvalue weighted by Crippen LogP contribution is -2.14. The van der Waals surface area contributed by atoms with E-state index in [-0.39, 0.29) is 20.8 Å². The van der Waals surface area contributed by atoms with Gasteiger partial charge >= 0.3 is 0 Å². The number of pyridine rings is 2. The van der Waals surface area contributed by atoms with E-state index in [1.807, 2.05) is 0 Å². The number of sulfonamides is 1. The van der Waals surface area contributed by atoms with Crippen LogP contribution in [0.1, 0.15) is 0 Å². The molecular weight excluding hydrogens is 377 g/mol. The minimum absolute atomic E-state index is 0.0866. The summed E-state index contributed by atoms with van der Waals surface area (Å²) in [5.41, 5.74) is 0.260. The Labute approximate surface area is 128 Å². The number of rotatable bonds is 3. The molecule has 0 spiro atoms. The Balaban J connectivity index is 2.37. The molecule has 0 atom stereocenters. The Kier molecular flexibility index (Phi) is 4.29. The first-order valence-corrected chi connectivity index (χ1v) is 7.87. The Morgan fingerprint density at radius 2 is 2.00 bits per heavy atom. The minimum atomic E-state index is -3.82. The van der Waals surface area contributed by atoms with Crippen LogP contribution in [0.25, 0.3) is 0 Å². The van der Waals surface area contributed by atoms with Gasteiger partial charge in [0, 0.05) is 12.4 Å². The highest BCUT2D eigenvalue weighted by Crippen LogP contribution is 2.26. The third-order valence-electron chi connectivity index (χ3n) is 2.07. The molecule has 2 rings (SSSR count). The van der Waals surface area contributed by atoms with Gasteiger partial charge in [-0.2, -0.15) is 0 Å². The third kappa shape index (κ3) is 3.36.